The molecule has 2 aromatic rings. The first kappa shape index (κ1) is 12.4. The van der Waals surface area contributed by atoms with E-state index >= 15 is 0 Å². The van der Waals surface area contributed by atoms with Crippen LogP contribution < -0.4 is 5.69 Å². The molecule has 0 radical (unpaired) electrons. The van der Waals surface area contributed by atoms with Crippen LogP contribution in [0.25, 0.3) is 11.0 Å². The molecule has 1 fully saturated rings. The standard InChI is InChI=1S/C12H13FN2O3S/c13-8-3-4-11-10(6-8)14-12(16)15(11)9-2-1-5-19(17,18)7-9/h3-4,6,9H,1-2,5,7H2,(H,14,16). The summed E-state index contributed by atoms with van der Waals surface area (Å²) in [7, 11) is -3.10. The van der Waals surface area contributed by atoms with Crippen molar-refractivity contribution in [3.05, 3.63) is 34.5 Å². The minimum atomic E-state index is -3.10. The zero-order chi connectivity index (χ0) is 13.6. The van der Waals surface area contributed by atoms with E-state index in [9.17, 15) is 17.6 Å². The number of nitrogens with zero attached hydrogens (tertiary/aromatic N) is 1. The third kappa shape index (κ3) is 2.18. The number of sulfone groups is 1. The molecule has 1 aliphatic rings. The summed E-state index contributed by atoms with van der Waals surface area (Å²) in [6.45, 7) is 0. The summed E-state index contributed by atoms with van der Waals surface area (Å²) in [5.74, 6) is -0.288. The lowest BCUT2D eigenvalue weighted by Crippen LogP contribution is -2.32. The molecule has 0 amide bonds. The molecule has 1 saturated heterocycles. The number of benzene rings is 1. The maximum Gasteiger partial charge on any atom is 0.326 e. The van der Waals surface area contributed by atoms with Gasteiger partial charge in [0.2, 0.25) is 0 Å². The minimum Gasteiger partial charge on any atom is -0.305 e. The summed E-state index contributed by atoms with van der Waals surface area (Å²) in [4.78, 5) is 14.5. The van der Waals surface area contributed by atoms with Gasteiger partial charge in [0.25, 0.3) is 0 Å². The summed E-state index contributed by atoms with van der Waals surface area (Å²) in [6, 6.07) is 3.64. The Morgan fingerprint density at radius 1 is 1.37 bits per heavy atom. The molecule has 1 aromatic carbocycles. The fourth-order valence-corrected chi connectivity index (χ4v) is 4.34. The number of aromatic nitrogens is 2. The van der Waals surface area contributed by atoms with Gasteiger partial charge in [-0.15, -0.1) is 0 Å². The van der Waals surface area contributed by atoms with Crippen LogP contribution in [0.2, 0.25) is 0 Å². The predicted molar refractivity (Wildman–Crippen MR) is 69.4 cm³/mol. The summed E-state index contributed by atoms with van der Waals surface area (Å²) in [5, 5.41) is 0. The number of fused-ring (bicyclic) bond motifs is 1. The van der Waals surface area contributed by atoms with Crippen molar-refractivity contribution < 1.29 is 12.8 Å². The molecule has 1 unspecified atom stereocenters. The Hall–Kier alpha value is -1.63. The van der Waals surface area contributed by atoms with Crippen molar-refractivity contribution in [2.24, 2.45) is 0 Å². The van der Waals surface area contributed by atoms with Gasteiger partial charge >= 0.3 is 5.69 Å². The molecule has 1 aliphatic heterocycles. The summed E-state index contributed by atoms with van der Waals surface area (Å²) >= 11 is 0. The zero-order valence-corrected chi connectivity index (χ0v) is 10.9. The van der Waals surface area contributed by atoms with Crippen molar-refractivity contribution in [1.82, 2.24) is 9.55 Å². The van der Waals surface area contributed by atoms with Gasteiger partial charge in [0.1, 0.15) is 5.82 Å². The molecule has 0 bridgehead atoms. The van der Waals surface area contributed by atoms with E-state index in [1.54, 1.807) is 0 Å². The van der Waals surface area contributed by atoms with Crippen LogP contribution in [0.1, 0.15) is 18.9 Å². The first-order chi connectivity index (χ1) is 8.96. The van der Waals surface area contributed by atoms with Gasteiger partial charge in [-0.1, -0.05) is 0 Å². The molecule has 1 N–H and O–H groups in total. The molecule has 7 heteroatoms. The molecule has 19 heavy (non-hydrogen) atoms. The highest BCUT2D eigenvalue weighted by molar-refractivity contribution is 7.91. The van der Waals surface area contributed by atoms with Crippen molar-refractivity contribution in [1.29, 1.82) is 0 Å². The smallest absolute Gasteiger partial charge is 0.305 e. The Morgan fingerprint density at radius 2 is 2.16 bits per heavy atom. The van der Waals surface area contributed by atoms with E-state index in [2.05, 4.69) is 4.98 Å². The number of imidazole rings is 1. The van der Waals surface area contributed by atoms with Crippen LogP contribution in [-0.2, 0) is 9.84 Å². The Balaban J connectivity index is 2.15. The average Bonchev–Trinajstić information content (AvgIpc) is 2.62. The van der Waals surface area contributed by atoms with E-state index in [4.69, 9.17) is 0 Å². The predicted octanol–water partition coefficient (Wildman–Crippen LogP) is 1.22. The van der Waals surface area contributed by atoms with E-state index in [-0.39, 0.29) is 23.2 Å². The van der Waals surface area contributed by atoms with Crippen LogP contribution >= 0.6 is 0 Å². The molecule has 5 nitrogen and oxygen atoms in total. The summed E-state index contributed by atoms with van der Waals surface area (Å²) in [5.41, 5.74) is 0.559. The lowest BCUT2D eigenvalue weighted by atomic mass is 10.2. The quantitative estimate of drug-likeness (QED) is 0.855. The molecular weight excluding hydrogens is 271 g/mol. The van der Waals surface area contributed by atoms with E-state index in [1.807, 2.05) is 0 Å². The van der Waals surface area contributed by atoms with Crippen LogP contribution in [0.4, 0.5) is 4.39 Å². The fraction of sp³-hybridized carbons (Fsp3) is 0.417. The first-order valence-electron chi connectivity index (χ1n) is 6.06. The summed E-state index contributed by atoms with van der Waals surface area (Å²) in [6.07, 6.45) is 1.19. The maximum atomic E-state index is 13.1. The fourth-order valence-electron chi connectivity index (χ4n) is 2.67. The van der Waals surface area contributed by atoms with E-state index < -0.39 is 15.7 Å². The van der Waals surface area contributed by atoms with Gasteiger partial charge in [-0.2, -0.15) is 0 Å². The highest BCUT2D eigenvalue weighted by atomic mass is 32.2. The highest BCUT2D eigenvalue weighted by Crippen LogP contribution is 2.25. The largest absolute Gasteiger partial charge is 0.326 e. The van der Waals surface area contributed by atoms with Gasteiger partial charge in [0.15, 0.2) is 9.84 Å². The first-order valence-corrected chi connectivity index (χ1v) is 7.89. The number of halogens is 1. The summed E-state index contributed by atoms with van der Waals surface area (Å²) < 4.78 is 37.9. The Labute approximate surface area is 109 Å². The van der Waals surface area contributed by atoms with Crippen molar-refractivity contribution >= 4 is 20.9 Å². The molecule has 2 heterocycles. The Kier molecular flexibility index (Phi) is 2.74. The van der Waals surface area contributed by atoms with Crippen LogP contribution in [0, 0.1) is 5.82 Å². The Morgan fingerprint density at radius 3 is 2.89 bits per heavy atom. The number of rotatable bonds is 1. The van der Waals surface area contributed by atoms with Crippen LogP contribution in [0.5, 0.6) is 0 Å². The lowest BCUT2D eigenvalue weighted by molar-refractivity contribution is 0.470. The van der Waals surface area contributed by atoms with E-state index in [1.165, 1.54) is 22.8 Å². The molecule has 1 atom stereocenters. The normalized spacial score (nSPS) is 22.7. The molecular formula is C12H13FN2O3S. The molecule has 0 spiro atoms. The van der Waals surface area contributed by atoms with Gasteiger partial charge in [0, 0.05) is 0 Å². The van der Waals surface area contributed by atoms with Crippen LogP contribution in [0.15, 0.2) is 23.0 Å². The SMILES string of the molecule is O=c1[nH]c2cc(F)ccc2n1C1CCCS(=O)(=O)C1. The molecule has 3 rings (SSSR count). The monoisotopic (exact) mass is 284 g/mol. The van der Waals surface area contributed by atoms with Crippen molar-refractivity contribution in [2.75, 3.05) is 11.5 Å². The minimum absolute atomic E-state index is 0.0305. The lowest BCUT2D eigenvalue weighted by Gasteiger charge is -2.23. The second-order valence-electron chi connectivity index (χ2n) is 4.87. The van der Waals surface area contributed by atoms with Gasteiger partial charge in [0.05, 0.1) is 28.6 Å². The number of hydrogen-bond donors (Lipinski definition) is 1. The third-order valence-corrected chi connectivity index (χ3v) is 5.29. The highest BCUT2D eigenvalue weighted by Gasteiger charge is 2.28. The van der Waals surface area contributed by atoms with E-state index in [0.29, 0.717) is 23.9 Å². The van der Waals surface area contributed by atoms with Crippen molar-refractivity contribution in [2.45, 2.75) is 18.9 Å². The molecule has 102 valence electrons. The zero-order valence-electron chi connectivity index (χ0n) is 10.1. The van der Waals surface area contributed by atoms with Crippen LogP contribution in [0.3, 0.4) is 0 Å². The van der Waals surface area contributed by atoms with Gasteiger partial charge in [-0.25, -0.2) is 17.6 Å². The second kappa shape index (κ2) is 4.19. The van der Waals surface area contributed by atoms with Gasteiger partial charge in [-0.3, -0.25) is 4.57 Å². The van der Waals surface area contributed by atoms with Crippen LogP contribution in [-0.4, -0.2) is 29.5 Å². The van der Waals surface area contributed by atoms with Gasteiger partial charge in [-0.05, 0) is 31.0 Å². The van der Waals surface area contributed by atoms with E-state index in [0.717, 1.165) is 0 Å². The van der Waals surface area contributed by atoms with Gasteiger partial charge < -0.3 is 4.98 Å². The number of aromatic amines is 1. The molecule has 0 saturated carbocycles. The molecule has 0 aliphatic carbocycles. The number of nitrogens with one attached hydrogen (secondary N) is 1. The van der Waals surface area contributed by atoms with Crippen molar-refractivity contribution in [3.8, 4) is 0 Å². The second-order valence-corrected chi connectivity index (χ2v) is 7.10. The average molecular weight is 284 g/mol. The molecule has 1 aromatic heterocycles. The maximum absolute atomic E-state index is 13.1. The topological polar surface area (TPSA) is 71.9 Å². The number of hydrogen-bond acceptors (Lipinski definition) is 3. The third-order valence-electron chi connectivity index (χ3n) is 3.48. The Bertz CT molecular complexity index is 791. The number of H-pyrrole nitrogens is 1. The van der Waals surface area contributed by atoms with Crippen molar-refractivity contribution in [3.63, 3.8) is 0 Å².